The molecule has 1 aromatic rings. The lowest BCUT2D eigenvalue weighted by molar-refractivity contribution is 0.117. The Labute approximate surface area is 175 Å². The topological polar surface area (TPSA) is 36.9 Å². The average molecular weight is 471 g/mol. The number of guanidine groups is 1. The van der Waals surface area contributed by atoms with Gasteiger partial charge in [-0.2, -0.15) is 0 Å². The number of nitrogens with zero attached hydrogens (tertiary/aromatic N) is 2. The lowest BCUT2D eigenvalue weighted by atomic mass is 9.86. The van der Waals surface area contributed by atoms with Gasteiger partial charge in [-0.3, -0.25) is 4.99 Å². The van der Waals surface area contributed by atoms with Gasteiger partial charge in [0.1, 0.15) is 0 Å². The zero-order chi connectivity index (χ0) is 17.4. The van der Waals surface area contributed by atoms with Gasteiger partial charge >= 0.3 is 0 Å². The number of benzene rings is 1. The molecule has 146 valence electrons. The van der Waals surface area contributed by atoms with E-state index in [4.69, 9.17) is 4.74 Å². The van der Waals surface area contributed by atoms with Crippen molar-refractivity contribution in [1.82, 2.24) is 10.2 Å². The largest absolute Gasteiger partial charge is 0.377 e. The van der Waals surface area contributed by atoms with Crippen molar-refractivity contribution < 1.29 is 4.74 Å². The first-order valence-electron chi connectivity index (χ1n) is 9.89. The predicted octanol–water partition coefficient (Wildman–Crippen LogP) is 4.44. The zero-order valence-corrected chi connectivity index (χ0v) is 18.4. The van der Waals surface area contributed by atoms with Gasteiger partial charge < -0.3 is 15.0 Å². The maximum Gasteiger partial charge on any atom is 0.193 e. The van der Waals surface area contributed by atoms with Gasteiger partial charge in [0.2, 0.25) is 0 Å². The summed E-state index contributed by atoms with van der Waals surface area (Å²) in [5, 5.41) is 3.55. The van der Waals surface area contributed by atoms with Crippen molar-refractivity contribution in [2.75, 3.05) is 33.3 Å². The first-order valence-corrected chi connectivity index (χ1v) is 9.89. The molecule has 2 aliphatic rings. The van der Waals surface area contributed by atoms with Crippen LogP contribution in [0, 0.1) is 5.41 Å². The summed E-state index contributed by atoms with van der Waals surface area (Å²) in [4.78, 5) is 6.97. The molecule has 1 spiro atoms. The number of aliphatic imine (C=N–C) groups is 1. The van der Waals surface area contributed by atoms with Gasteiger partial charge in [-0.05, 0) is 43.1 Å². The van der Waals surface area contributed by atoms with E-state index >= 15 is 0 Å². The first kappa shape index (κ1) is 21.5. The standard InChI is InChI=1S/C21H33N3O.HI/c1-22-20(24-15-13-21(18-24)11-5-6-12-21)23-14-7-8-16-25-17-19-9-3-2-4-10-19;/h2-4,9-10H,5-8,11-18H2,1H3,(H,22,23);1H. The van der Waals surface area contributed by atoms with Crippen LogP contribution in [0.25, 0.3) is 0 Å². The minimum atomic E-state index is 0. The van der Waals surface area contributed by atoms with Gasteiger partial charge in [-0.1, -0.05) is 43.2 Å². The average Bonchev–Trinajstić information content (AvgIpc) is 3.28. The summed E-state index contributed by atoms with van der Waals surface area (Å²) in [7, 11) is 1.91. The van der Waals surface area contributed by atoms with Crippen LogP contribution >= 0.6 is 24.0 Å². The molecule has 0 bridgehead atoms. The molecule has 1 aliphatic heterocycles. The molecule has 1 saturated carbocycles. The van der Waals surface area contributed by atoms with E-state index in [1.807, 2.05) is 13.1 Å². The van der Waals surface area contributed by atoms with Crippen molar-refractivity contribution in [2.45, 2.75) is 51.6 Å². The van der Waals surface area contributed by atoms with Crippen molar-refractivity contribution in [2.24, 2.45) is 10.4 Å². The van der Waals surface area contributed by atoms with E-state index in [9.17, 15) is 0 Å². The summed E-state index contributed by atoms with van der Waals surface area (Å²) in [6, 6.07) is 10.4. The Morgan fingerprint density at radius 3 is 2.65 bits per heavy atom. The smallest absolute Gasteiger partial charge is 0.193 e. The number of rotatable bonds is 7. The lowest BCUT2D eigenvalue weighted by Crippen LogP contribution is -2.41. The van der Waals surface area contributed by atoms with Crippen molar-refractivity contribution in [1.29, 1.82) is 0 Å². The summed E-state index contributed by atoms with van der Waals surface area (Å²) in [5.74, 6) is 1.09. The highest BCUT2D eigenvalue weighted by molar-refractivity contribution is 14.0. The molecule has 0 aromatic heterocycles. The summed E-state index contributed by atoms with van der Waals surface area (Å²) >= 11 is 0. The number of likely N-dealkylation sites (tertiary alicyclic amines) is 1. The fourth-order valence-corrected chi connectivity index (χ4v) is 4.27. The molecule has 1 N–H and O–H groups in total. The van der Waals surface area contributed by atoms with Gasteiger partial charge in [0, 0.05) is 33.3 Å². The molecule has 2 fully saturated rings. The molecule has 0 amide bonds. The third-order valence-electron chi connectivity index (χ3n) is 5.72. The molecule has 3 rings (SSSR count). The van der Waals surface area contributed by atoms with E-state index in [-0.39, 0.29) is 24.0 Å². The number of hydrogen-bond acceptors (Lipinski definition) is 2. The molecule has 4 nitrogen and oxygen atoms in total. The molecular formula is C21H34IN3O. The summed E-state index contributed by atoms with van der Waals surface area (Å²) in [6.45, 7) is 4.88. The highest BCUT2D eigenvalue weighted by atomic mass is 127. The van der Waals surface area contributed by atoms with Crippen LogP contribution in [0.15, 0.2) is 35.3 Å². The maximum absolute atomic E-state index is 5.75. The van der Waals surface area contributed by atoms with Crippen LogP contribution in [-0.2, 0) is 11.3 Å². The number of nitrogens with one attached hydrogen (secondary N) is 1. The maximum atomic E-state index is 5.75. The van der Waals surface area contributed by atoms with E-state index in [0.717, 1.165) is 32.0 Å². The Kier molecular flexibility index (Phi) is 9.19. The summed E-state index contributed by atoms with van der Waals surface area (Å²) in [6.07, 6.45) is 9.22. The van der Waals surface area contributed by atoms with Gasteiger partial charge in [-0.25, -0.2) is 0 Å². The molecular weight excluding hydrogens is 437 g/mol. The Morgan fingerprint density at radius 2 is 1.92 bits per heavy atom. The predicted molar refractivity (Wildman–Crippen MR) is 119 cm³/mol. The second-order valence-corrected chi connectivity index (χ2v) is 7.60. The van der Waals surface area contributed by atoms with Crippen molar-refractivity contribution >= 4 is 29.9 Å². The Hall–Kier alpha value is -0.820. The Bertz CT molecular complexity index is 543. The van der Waals surface area contributed by atoms with Gasteiger partial charge in [-0.15, -0.1) is 24.0 Å². The van der Waals surface area contributed by atoms with Gasteiger partial charge in [0.05, 0.1) is 6.61 Å². The molecule has 1 aromatic carbocycles. The van der Waals surface area contributed by atoms with E-state index in [0.29, 0.717) is 12.0 Å². The molecule has 0 radical (unpaired) electrons. The second-order valence-electron chi connectivity index (χ2n) is 7.60. The number of hydrogen-bond donors (Lipinski definition) is 1. The fourth-order valence-electron chi connectivity index (χ4n) is 4.27. The number of halogens is 1. The Morgan fingerprint density at radius 1 is 1.15 bits per heavy atom. The molecule has 26 heavy (non-hydrogen) atoms. The van der Waals surface area contributed by atoms with E-state index < -0.39 is 0 Å². The molecule has 0 unspecified atom stereocenters. The van der Waals surface area contributed by atoms with Crippen LogP contribution in [0.1, 0.15) is 50.5 Å². The van der Waals surface area contributed by atoms with Crippen molar-refractivity contribution in [3.63, 3.8) is 0 Å². The number of unbranched alkanes of at least 4 members (excludes halogenated alkanes) is 1. The van der Waals surface area contributed by atoms with Crippen molar-refractivity contribution in [3.8, 4) is 0 Å². The van der Waals surface area contributed by atoms with Crippen LogP contribution in [0.3, 0.4) is 0 Å². The Balaban J connectivity index is 0.00000243. The molecule has 0 atom stereocenters. The second kappa shape index (κ2) is 11.1. The van der Waals surface area contributed by atoms with Gasteiger partial charge in [0.15, 0.2) is 5.96 Å². The molecule has 1 aliphatic carbocycles. The van der Waals surface area contributed by atoms with Crippen LogP contribution in [0.5, 0.6) is 0 Å². The first-order chi connectivity index (χ1) is 12.3. The summed E-state index contributed by atoms with van der Waals surface area (Å²) < 4.78 is 5.75. The monoisotopic (exact) mass is 471 g/mol. The highest BCUT2D eigenvalue weighted by Gasteiger charge is 2.40. The summed E-state index contributed by atoms with van der Waals surface area (Å²) in [5.41, 5.74) is 1.85. The van der Waals surface area contributed by atoms with Crippen LogP contribution in [0.4, 0.5) is 0 Å². The normalized spacial score (nSPS) is 19.0. The third kappa shape index (κ3) is 6.12. The highest BCUT2D eigenvalue weighted by Crippen LogP contribution is 2.45. The quantitative estimate of drug-likeness (QED) is 0.277. The van der Waals surface area contributed by atoms with Crippen LogP contribution in [-0.4, -0.2) is 44.1 Å². The number of ether oxygens (including phenoxy) is 1. The van der Waals surface area contributed by atoms with Crippen LogP contribution < -0.4 is 5.32 Å². The SMILES string of the molecule is CN=C(NCCCCOCc1ccccc1)N1CCC2(CCCC2)C1.I. The zero-order valence-electron chi connectivity index (χ0n) is 16.1. The van der Waals surface area contributed by atoms with E-state index in [1.165, 1.54) is 50.8 Å². The van der Waals surface area contributed by atoms with E-state index in [1.54, 1.807) is 0 Å². The lowest BCUT2D eigenvalue weighted by Gasteiger charge is -2.25. The van der Waals surface area contributed by atoms with Crippen LogP contribution in [0.2, 0.25) is 0 Å². The van der Waals surface area contributed by atoms with E-state index in [2.05, 4.69) is 39.5 Å². The van der Waals surface area contributed by atoms with Gasteiger partial charge in [0.25, 0.3) is 0 Å². The molecule has 1 heterocycles. The molecule has 5 heteroatoms. The van der Waals surface area contributed by atoms with Crippen molar-refractivity contribution in [3.05, 3.63) is 35.9 Å². The third-order valence-corrected chi connectivity index (χ3v) is 5.72. The minimum Gasteiger partial charge on any atom is -0.377 e. The molecule has 1 saturated heterocycles. The minimum absolute atomic E-state index is 0. The fraction of sp³-hybridized carbons (Fsp3) is 0.667.